The molecule has 0 aliphatic heterocycles. The highest BCUT2D eigenvalue weighted by molar-refractivity contribution is 7.89. The van der Waals surface area contributed by atoms with Crippen molar-refractivity contribution in [2.75, 3.05) is 13.7 Å². The van der Waals surface area contributed by atoms with Crippen LogP contribution in [0.2, 0.25) is 0 Å². The van der Waals surface area contributed by atoms with E-state index in [9.17, 15) is 13.2 Å². The summed E-state index contributed by atoms with van der Waals surface area (Å²) >= 11 is 0. The van der Waals surface area contributed by atoms with E-state index in [4.69, 9.17) is 9.84 Å². The second-order valence-electron chi connectivity index (χ2n) is 4.54. The maximum atomic E-state index is 12.1. The van der Waals surface area contributed by atoms with Gasteiger partial charge in [-0.1, -0.05) is 19.1 Å². The molecule has 0 amide bonds. The number of para-hydroxylation sites is 1. The van der Waals surface area contributed by atoms with Crippen molar-refractivity contribution in [1.29, 1.82) is 0 Å². The molecule has 1 unspecified atom stereocenters. The Bertz CT molecular complexity index is 556. The van der Waals surface area contributed by atoms with E-state index < -0.39 is 16.0 Å². The van der Waals surface area contributed by atoms with E-state index in [2.05, 4.69) is 4.72 Å². The highest BCUT2D eigenvalue weighted by atomic mass is 32.2. The molecule has 112 valence electrons. The van der Waals surface area contributed by atoms with Crippen molar-refractivity contribution in [3.05, 3.63) is 24.3 Å². The first-order valence-corrected chi connectivity index (χ1v) is 7.69. The largest absolute Gasteiger partial charge is 0.495 e. The van der Waals surface area contributed by atoms with Gasteiger partial charge < -0.3 is 9.84 Å². The van der Waals surface area contributed by atoms with Crippen molar-refractivity contribution in [1.82, 2.24) is 4.72 Å². The van der Waals surface area contributed by atoms with Crippen molar-refractivity contribution in [2.45, 2.75) is 24.7 Å². The van der Waals surface area contributed by atoms with Crippen LogP contribution in [0.5, 0.6) is 5.75 Å². The maximum absolute atomic E-state index is 12.1. The fourth-order valence-corrected chi connectivity index (χ4v) is 2.98. The lowest BCUT2D eigenvalue weighted by atomic mass is 10.1. The van der Waals surface area contributed by atoms with E-state index in [0.717, 1.165) is 0 Å². The van der Waals surface area contributed by atoms with Crippen molar-refractivity contribution >= 4 is 16.0 Å². The summed E-state index contributed by atoms with van der Waals surface area (Å²) in [6, 6.07) is 6.34. The van der Waals surface area contributed by atoms with E-state index in [0.29, 0.717) is 6.42 Å². The summed E-state index contributed by atoms with van der Waals surface area (Å²) < 4.78 is 31.8. The fraction of sp³-hybridized carbons (Fsp3) is 0.462. The summed E-state index contributed by atoms with van der Waals surface area (Å²) in [4.78, 5) is 10.5. The minimum atomic E-state index is -3.66. The normalized spacial score (nSPS) is 12.9. The molecule has 1 aromatic rings. The molecule has 0 spiro atoms. The van der Waals surface area contributed by atoms with Gasteiger partial charge in [0.2, 0.25) is 10.0 Å². The van der Waals surface area contributed by atoms with Crippen LogP contribution in [0, 0.1) is 5.92 Å². The van der Waals surface area contributed by atoms with E-state index in [1.165, 1.54) is 13.2 Å². The molecule has 1 aromatic carbocycles. The van der Waals surface area contributed by atoms with Gasteiger partial charge in [-0.3, -0.25) is 4.79 Å². The summed E-state index contributed by atoms with van der Waals surface area (Å²) in [6.07, 6.45) is 0.446. The molecule has 1 atom stereocenters. The Morgan fingerprint density at radius 3 is 2.65 bits per heavy atom. The Balaban J connectivity index is 2.68. The first kappa shape index (κ1) is 16.5. The quantitative estimate of drug-likeness (QED) is 0.758. The van der Waals surface area contributed by atoms with Crippen molar-refractivity contribution in [3.63, 3.8) is 0 Å². The molecule has 2 N–H and O–H groups in total. The van der Waals surface area contributed by atoms with Crippen LogP contribution < -0.4 is 9.46 Å². The van der Waals surface area contributed by atoms with Crippen LogP contribution in [0.25, 0.3) is 0 Å². The van der Waals surface area contributed by atoms with Gasteiger partial charge >= 0.3 is 5.97 Å². The summed E-state index contributed by atoms with van der Waals surface area (Å²) in [5, 5.41) is 8.58. The zero-order valence-corrected chi connectivity index (χ0v) is 12.3. The van der Waals surface area contributed by atoms with Gasteiger partial charge in [-0.2, -0.15) is 0 Å². The first-order chi connectivity index (χ1) is 9.36. The summed E-state index contributed by atoms with van der Waals surface area (Å²) in [6.45, 7) is 1.99. The Labute approximate surface area is 118 Å². The van der Waals surface area contributed by atoms with Gasteiger partial charge in [0.25, 0.3) is 0 Å². The molecule has 0 aliphatic carbocycles. The lowest BCUT2D eigenvalue weighted by Gasteiger charge is -2.13. The molecule has 0 fully saturated rings. The highest BCUT2D eigenvalue weighted by Crippen LogP contribution is 2.22. The first-order valence-electron chi connectivity index (χ1n) is 6.21. The molecule has 0 aliphatic rings. The zero-order chi connectivity index (χ0) is 15.2. The van der Waals surface area contributed by atoms with Crippen LogP contribution >= 0.6 is 0 Å². The fourth-order valence-electron chi connectivity index (χ4n) is 1.64. The van der Waals surface area contributed by atoms with Gasteiger partial charge in [0.05, 0.1) is 7.11 Å². The summed E-state index contributed by atoms with van der Waals surface area (Å²) in [5.74, 6) is -0.668. The number of sulfonamides is 1. The molecule has 0 heterocycles. The van der Waals surface area contributed by atoms with Crippen LogP contribution in [-0.2, 0) is 14.8 Å². The standard InChI is InChI=1S/C13H19NO5S/c1-10(7-8-13(15)16)9-14-20(17,18)12-6-4-3-5-11(12)19-2/h3-6,10,14H,7-9H2,1-2H3,(H,15,16). The van der Waals surface area contributed by atoms with E-state index in [1.807, 2.05) is 0 Å². The number of aliphatic carboxylic acids is 1. The lowest BCUT2D eigenvalue weighted by molar-refractivity contribution is -0.137. The predicted octanol–water partition coefficient (Wildman–Crippen LogP) is 1.47. The Kier molecular flexibility index (Phi) is 5.97. The van der Waals surface area contributed by atoms with Crippen molar-refractivity contribution < 1.29 is 23.1 Å². The number of hydrogen-bond acceptors (Lipinski definition) is 4. The molecule has 7 heteroatoms. The number of nitrogens with one attached hydrogen (secondary N) is 1. The minimum Gasteiger partial charge on any atom is -0.495 e. The Morgan fingerprint density at radius 1 is 1.40 bits per heavy atom. The van der Waals surface area contributed by atoms with Gasteiger partial charge in [0.15, 0.2) is 0 Å². The van der Waals surface area contributed by atoms with Gasteiger partial charge in [-0.25, -0.2) is 13.1 Å². The second kappa shape index (κ2) is 7.25. The highest BCUT2D eigenvalue weighted by Gasteiger charge is 2.19. The molecule has 0 aromatic heterocycles. The topological polar surface area (TPSA) is 92.7 Å². The van der Waals surface area contributed by atoms with Crippen molar-refractivity contribution in [3.8, 4) is 5.75 Å². The number of carbonyl (C=O) groups is 1. The zero-order valence-electron chi connectivity index (χ0n) is 11.5. The van der Waals surface area contributed by atoms with Crippen LogP contribution in [0.4, 0.5) is 0 Å². The van der Waals surface area contributed by atoms with Gasteiger partial charge in [-0.15, -0.1) is 0 Å². The molecule has 0 saturated carbocycles. The molecule has 20 heavy (non-hydrogen) atoms. The Morgan fingerprint density at radius 2 is 2.05 bits per heavy atom. The van der Waals surface area contributed by atoms with Crippen LogP contribution in [0.1, 0.15) is 19.8 Å². The summed E-state index contributed by atoms with van der Waals surface area (Å²) in [5.41, 5.74) is 0. The van der Waals surface area contributed by atoms with Crippen LogP contribution in [0.3, 0.4) is 0 Å². The molecular formula is C13H19NO5S. The molecular weight excluding hydrogens is 282 g/mol. The molecule has 6 nitrogen and oxygen atoms in total. The van der Waals surface area contributed by atoms with E-state index in [-0.39, 0.29) is 29.5 Å². The maximum Gasteiger partial charge on any atom is 0.303 e. The van der Waals surface area contributed by atoms with E-state index >= 15 is 0 Å². The molecule has 0 bridgehead atoms. The second-order valence-corrected chi connectivity index (χ2v) is 6.28. The number of carboxylic acids is 1. The number of benzene rings is 1. The third kappa shape index (κ3) is 4.82. The van der Waals surface area contributed by atoms with Gasteiger partial charge in [0, 0.05) is 13.0 Å². The average Bonchev–Trinajstić information content (AvgIpc) is 2.43. The van der Waals surface area contributed by atoms with Crippen LogP contribution in [-0.4, -0.2) is 33.1 Å². The monoisotopic (exact) mass is 301 g/mol. The third-order valence-electron chi connectivity index (χ3n) is 2.83. The molecule has 0 saturated heterocycles. The smallest absolute Gasteiger partial charge is 0.303 e. The number of rotatable bonds is 8. The SMILES string of the molecule is COc1ccccc1S(=O)(=O)NCC(C)CCC(=O)O. The Hall–Kier alpha value is -1.60. The van der Waals surface area contributed by atoms with Gasteiger partial charge in [-0.05, 0) is 24.5 Å². The van der Waals surface area contributed by atoms with Crippen LogP contribution in [0.15, 0.2) is 29.2 Å². The average molecular weight is 301 g/mol. The minimum absolute atomic E-state index is 0.0253. The van der Waals surface area contributed by atoms with E-state index in [1.54, 1.807) is 25.1 Å². The summed E-state index contributed by atoms with van der Waals surface area (Å²) in [7, 11) is -2.25. The number of methoxy groups -OCH3 is 1. The van der Waals surface area contributed by atoms with Gasteiger partial charge in [0.1, 0.15) is 10.6 Å². The molecule has 0 radical (unpaired) electrons. The number of hydrogen-bond donors (Lipinski definition) is 2. The number of ether oxygens (including phenoxy) is 1. The van der Waals surface area contributed by atoms with Crippen molar-refractivity contribution in [2.24, 2.45) is 5.92 Å². The number of carboxylic acid groups (broad SMARTS) is 1. The predicted molar refractivity (Wildman–Crippen MR) is 74.2 cm³/mol. The molecule has 1 rings (SSSR count). The third-order valence-corrected chi connectivity index (χ3v) is 4.29. The lowest BCUT2D eigenvalue weighted by Crippen LogP contribution is -2.29.